The first kappa shape index (κ1) is 17.1. The molecule has 1 saturated carbocycles. The molecule has 2 fully saturated rings. The van der Waals surface area contributed by atoms with E-state index in [1.165, 1.54) is 12.0 Å². The van der Waals surface area contributed by atoms with Crippen molar-refractivity contribution in [3.63, 3.8) is 0 Å². The Hall–Kier alpha value is -1.69. The summed E-state index contributed by atoms with van der Waals surface area (Å²) in [6.07, 6.45) is 5.05. The van der Waals surface area contributed by atoms with E-state index >= 15 is 0 Å². The minimum absolute atomic E-state index is 0.0634. The molecule has 6 heteroatoms. The molecule has 3 rings (SSSR count). The number of nitrogens with zero attached hydrogens (tertiary/aromatic N) is 1. The van der Waals surface area contributed by atoms with Gasteiger partial charge in [0.15, 0.2) is 9.84 Å². The fourth-order valence-corrected chi connectivity index (χ4v) is 5.51. The van der Waals surface area contributed by atoms with E-state index in [1.807, 2.05) is 18.2 Å². The SMILES string of the molecule is O=C(C[C@@H]1CCS(=O)(=O)C1)N/N=C1/CCCC[C@H]1c1ccccc1. The molecule has 1 amide bonds. The first-order valence-electron chi connectivity index (χ1n) is 8.64. The largest absolute Gasteiger partial charge is 0.273 e. The molecule has 1 aromatic rings. The summed E-state index contributed by atoms with van der Waals surface area (Å²) in [5.74, 6) is 0.361. The van der Waals surface area contributed by atoms with Crippen molar-refractivity contribution in [2.75, 3.05) is 11.5 Å². The number of carbonyl (C=O) groups is 1. The van der Waals surface area contributed by atoms with E-state index in [0.717, 1.165) is 25.0 Å². The molecule has 130 valence electrons. The van der Waals surface area contributed by atoms with Crippen LogP contribution in [0.3, 0.4) is 0 Å². The molecule has 1 saturated heterocycles. The van der Waals surface area contributed by atoms with Crippen LogP contribution in [0, 0.1) is 5.92 Å². The maximum absolute atomic E-state index is 12.1. The molecule has 2 atom stereocenters. The highest BCUT2D eigenvalue weighted by atomic mass is 32.2. The molecular weight excluding hydrogens is 324 g/mol. The van der Waals surface area contributed by atoms with Crippen LogP contribution in [0.25, 0.3) is 0 Å². The second-order valence-corrected chi connectivity index (χ2v) is 9.05. The second kappa shape index (κ2) is 7.47. The average Bonchev–Trinajstić information content (AvgIpc) is 2.92. The predicted octanol–water partition coefficient (Wildman–Crippen LogP) is 2.64. The Balaban J connectivity index is 1.60. The van der Waals surface area contributed by atoms with Gasteiger partial charge in [0.1, 0.15) is 0 Å². The number of hydrazone groups is 1. The van der Waals surface area contributed by atoms with Gasteiger partial charge in [-0.25, -0.2) is 13.8 Å². The van der Waals surface area contributed by atoms with Crippen LogP contribution in [-0.4, -0.2) is 31.5 Å². The van der Waals surface area contributed by atoms with Gasteiger partial charge >= 0.3 is 0 Å². The van der Waals surface area contributed by atoms with Gasteiger partial charge in [-0.1, -0.05) is 36.8 Å². The number of amides is 1. The molecule has 1 heterocycles. The molecular formula is C18H24N2O3S. The maximum Gasteiger partial charge on any atom is 0.240 e. The van der Waals surface area contributed by atoms with Crippen LogP contribution in [0.5, 0.6) is 0 Å². The fourth-order valence-electron chi connectivity index (χ4n) is 3.65. The van der Waals surface area contributed by atoms with Crippen LogP contribution >= 0.6 is 0 Å². The Labute approximate surface area is 143 Å². The van der Waals surface area contributed by atoms with E-state index in [0.29, 0.717) is 6.42 Å². The quantitative estimate of drug-likeness (QED) is 0.850. The summed E-state index contributed by atoms with van der Waals surface area (Å²) < 4.78 is 22.9. The lowest BCUT2D eigenvalue weighted by atomic mass is 9.82. The summed E-state index contributed by atoms with van der Waals surface area (Å²) in [6, 6.07) is 10.3. The zero-order valence-corrected chi connectivity index (χ0v) is 14.6. The summed E-state index contributed by atoms with van der Waals surface area (Å²) in [4.78, 5) is 12.1. The molecule has 1 aromatic carbocycles. The lowest BCUT2D eigenvalue weighted by Crippen LogP contribution is -2.26. The third-order valence-corrected chi connectivity index (χ3v) is 6.74. The van der Waals surface area contributed by atoms with Gasteiger partial charge in [0.05, 0.1) is 11.5 Å². The van der Waals surface area contributed by atoms with Gasteiger partial charge in [-0.05, 0) is 37.2 Å². The van der Waals surface area contributed by atoms with Gasteiger partial charge in [-0.2, -0.15) is 5.10 Å². The zero-order chi connectivity index (χ0) is 17.0. The number of sulfone groups is 1. The van der Waals surface area contributed by atoms with E-state index in [1.54, 1.807) is 0 Å². The van der Waals surface area contributed by atoms with Crippen LogP contribution in [0.15, 0.2) is 35.4 Å². The van der Waals surface area contributed by atoms with Crippen LogP contribution in [-0.2, 0) is 14.6 Å². The average molecular weight is 348 g/mol. The molecule has 1 N–H and O–H groups in total. The summed E-state index contributed by atoms with van der Waals surface area (Å²) in [7, 11) is -2.94. The Morgan fingerprint density at radius 2 is 1.96 bits per heavy atom. The molecule has 1 aliphatic heterocycles. The lowest BCUT2D eigenvalue weighted by molar-refractivity contribution is -0.121. The monoisotopic (exact) mass is 348 g/mol. The Morgan fingerprint density at radius 1 is 1.17 bits per heavy atom. The normalized spacial score (nSPS) is 27.9. The molecule has 2 aliphatic rings. The van der Waals surface area contributed by atoms with Gasteiger partial charge in [0, 0.05) is 18.1 Å². The number of rotatable bonds is 4. The van der Waals surface area contributed by atoms with E-state index in [-0.39, 0.29) is 35.7 Å². The number of hydrogen-bond donors (Lipinski definition) is 1. The van der Waals surface area contributed by atoms with Gasteiger partial charge in [-0.15, -0.1) is 0 Å². The number of benzene rings is 1. The Morgan fingerprint density at radius 3 is 2.67 bits per heavy atom. The topological polar surface area (TPSA) is 75.6 Å². The second-order valence-electron chi connectivity index (χ2n) is 6.82. The van der Waals surface area contributed by atoms with Crippen molar-refractivity contribution < 1.29 is 13.2 Å². The molecule has 5 nitrogen and oxygen atoms in total. The van der Waals surface area contributed by atoms with Crippen LogP contribution in [0.4, 0.5) is 0 Å². The van der Waals surface area contributed by atoms with Crippen molar-refractivity contribution in [3.8, 4) is 0 Å². The maximum atomic E-state index is 12.1. The van der Waals surface area contributed by atoms with Crippen molar-refractivity contribution in [1.82, 2.24) is 5.43 Å². The molecule has 0 aromatic heterocycles. The van der Waals surface area contributed by atoms with Crippen LogP contribution < -0.4 is 5.43 Å². The standard InChI is InChI=1S/C18H24N2O3S/c21-18(12-14-10-11-24(22,23)13-14)20-19-17-9-5-4-8-16(17)15-6-2-1-3-7-15/h1-3,6-7,14,16H,4-5,8-13H2,(H,20,21)/b19-17-/t14-,16-/m0/s1. The summed E-state index contributed by atoms with van der Waals surface area (Å²) >= 11 is 0. The van der Waals surface area contributed by atoms with Gasteiger partial charge in [0.25, 0.3) is 0 Å². The van der Waals surface area contributed by atoms with Crippen molar-refractivity contribution in [3.05, 3.63) is 35.9 Å². The van der Waals surface area contributed by atoms with Crippen LogP contribution in [0.2, 0.25) is 0 Å². The van der Waals surface area contributed by atoms with E-state index in [9.17, 15) is 13.2 Å². The van der Waals surface area contributed by atoms with Crippen LogP contribution in [0.1, 0.15) is 50.0 Å². The molecule has 0 spiro atoms. The van der Waals surface area contributed by atoms with E-state index < -0.39 is 9.84 Å². The highest BCUT2D eigenvalue weighted by molar-refractivity contribution is 7.91. The van der Waals surface area contributed by atoms with E-state index in [4.69, 9.17) is 0 Å². The van der Waals surface area contributed by atoms with Gasteiger partial charge in [-0.3, -0.25) is 4.79 Å². The number of nitrogens with one attached hydrogen (secondary N) is 1. The molecule has 1 aliphatic carbocycles. The lowest BCUT2D eigenvalue weighted by Gasteiger charge is -2.24. The first-order chi connectivity index (χ1) is 11.5. The summed E-state index contributed by atoms with van der Waals surface area (Å²) in [5.41, 5.74) is 4.93. The number of carbonyl (C=O) groups excluding carboxylic acids is 1. The Bertz CT molecular complexity index is 713. The van der Waals surface area contributed by atoms with Crippen molar-refractivity contribution in [1.29, 1.82) is 0 Å². The molecule has 0 bridgehead atoms. The molecule has 24 heavy (non-hydrogen) atoms. The fraction of sp³-hybridized carbons (Fsp3) is 0.556. The zero-order valence-electron chi connectivity index (χ0n) is 13.8. The minimum atomic E-state index is -2.94. The minimum Gasteiger partial charge on any atom is -0.273 e. The first-order valence-corrected chi connectivity index (χ1v) is 10.5. The summed E-state index contributed by atoms with van der Waals surface area (Å²) in [6.45, 7) is 0. The van der Waals surface area contributed by atoms with Gasteiger partial charge < -0.3 is 0 Å². The highest BCUT2D eigenvalue weighted by Gasteiger charge is 2.29. The molecule has 0 unspecified atom stereocenters. The van der Waals surface area contributed by atoms with Crippen molar-refractivity contribution >= 4 is 21.5 Å². The number of hydrogen-bond acceptors (Lipinski definition) is 4. The predicted molar refractivity (Wildman–Crippen MR) is 94.6 cm³/mol. The summed E-state index contributed by atoms with van der Waals surface area (Å²) in [5, 5.41) is 4.39. The highest BCUT2D eigenvalue weighted by Crippen LogP contribution is 2.30. The third kappa shape index (κ3) is 4.44. The van der Waals surface area contributed by atoms with E-state index in [2.05, 4.69) is 22.7 Å². The van der Waals surface area contributed by atoms with Crippen molar-refractivity contribution in [2.24, 2.45) is 11.0 Å². The Kier molecular flexibility index (Phi) is 5.33. The smallest absolute Gasteiger partial charge is 0.240 e. The third-order valence-electron chi connectivity index (χ3n) is 4.90. The molecule has 0 radical (unpaired) electrons. The van der Waals surface area contributed by atoms with Crippen molar-refractivity contribution in [2.45, 2.75) is 44.4 Å². The van der Waals surface area contributed by atoms with Gasteiger partial charge in [0.2, 0.25) is 5.91 Å².